The topological polar surface area (TPSA) is 96.9 Å². The number of thiazole rings is 1. The molecule has 0 spiro atoms. The fraction of sp³-hybridized carbons (Fsp3) is 0.316. The Hall–Kier alpha value is -2.05. The first kappa shape index (κ1) is 22.2. The summed E-state index contributed by atoms with van der Waals surface area (Å²) in [6, 6.07) is 6.81. The highest BCUT2D eigenvalue weighted by atomic mass is 35.5. The van der Waals surface area contributed by atoms with Crippen LogP contribution in [0.3, 0.4) is 0 Å². The van der Waals surface area contributed by atoms with Gasteiger partial charge in [0, 0.05) is 22.8 Å². The van der Waals surface area contributed by atoms with Crippen LogP contribution in [0.15, 0.2) is 28.5 Å². The zero-order valence-electron chi connectivity index (χ0n) is 16.6. The number of carbonyl (C=O) groups is 2. The van der Waals surface area contributed by atoms with Crippen LogP contribution in [0.25, 0.3) is 10.1 Å². The van der Waals surface area contributed by atoms with E-state index in [-0.39, 0.29) is 36.3 Å². The molecule has 0 unspecified atom stereocenters. The lowest BCUT2D eigenvalue weighted by atomic mass is 10.3. The number of fused-ring (bicyclic) bond motifs is 1. The number of hydrogen-bond donors (Lipinski definition) is 0. The summed E-state index contributed by atoms with van der Waals surface area (Å²) >= 11 is 8.30. The molecule has 1 saturated heterocycles. The van der Waals surface area contributed by atoms with E-state index in [1.54, 1.807) is 36.1 Å². The van der Waals surface area contributed by atoms with E-state index in [2.05, 4.69) is 4.98 Å². The van der Waals surface area contributed by atoms with E-state index in [0.29, 0.717) is 20.6 Å². The molecule has 3 aromatic rings. The van der Waals surface area contributed by atoms with Crippen molar-refractivity contribution in [1.29, 1.82) is 0 Å². The molecule has 0 atom stereocenters. The maximum absolute atomic E-state index is 13.1. The maximum atomic E-state index is 13.1. The number of thiophene rings is 1. The van der Waals surface area contributed by atoms with Gasteiger partial charge in [0.25, 0.3) is 10.0 Å². The molecule has 1 aromatic carbocycles. The average molecular weight is 500 g/mol. The van der Waals surface area contributed by atoms with E-state index in [9.17, 15) is 18.0 Å². The van der Waals surface area contributed by atoms with Crippen LogP contribution >= 0.6 is 34.3 Å². The number of amides is 1. The van der Waals surface area contributed by atoms with Gasteiger partial charge in [-0.25, -0.2) is 18.2 Å². The van der Waals surface area contributed by atoms with Gasteiger partial charge in [0.05, 0.1) is 25.9 Å². The van der Waals surface area contributed by atoms with Crippen molar-refractivity contribution in [2.45, 2.75) is 17.7 Å². The molecule has 8 nitrogen and oxygen atoms in total. The number of nitrogens with zero attached hydrogens (tertiary/aromatic N) is 3. The van der Waals surface area contributed by atoms with Gasteiger partial charge in [0.1, 0.15) is 14.1 Å². The Morgan fingerprint density at radius 1 is 1.26 bits per heavy atom. The van der Waals surface area contributed by atoms with Crippen LogP contribution in [0.5, 0.6) is 0 Å². The largest absolute Gasteiger partial charge is 0.465 e. The molecular weight excluding hydrogens is 482 g/mol. The third kappa shape index (κ3) is 4.33. The molecule has 1 aliphatic rings. The third-order valence-corrected chi connectivity index (χ3v) is 9.62. The van der Waals surface area contributed by atoms with Crippen molar-refractivity contribution in [3.8, 4) is 0 Å². The molecule has 31 heavy (non-hydrogen) atoms. The fourth-order valence-electron chi connectivity index (χ4n) is 3.26. The molecule has 1 aliphatic heterocycles. The number of piperazine rings is 1. The Balaban J connectivity index is 1.48. The van der Waals surface area contributed by atoms with Crippen molar-refractivity contribution in [2.24, 2.45) is 0 Å². The summed E-state index contributed by atoms with van der Waals surface area (Å²) in [5.74, 6) is -0.778. The minimum absolute atomic E-state index is 0.178. The fourth-order valence-corrected chi connectivity index (χ4v) is 7.47. The van der Waals surface area contributed by atoms with E-state index in [1.807, 2.05) is 0 Å². The smallest absolute Gasteiger partial charge is 0.349 e. The van der Waals surface area contributed by atoms with Gasteiger partial charge in [0.15, 0.2) is 0 Å². The van der Waals surface area contributed by atoms with Gasteiger partial charge in [-0.3, -0.25) is 4.79 Å². The second-order valence-electron chi connectivity index (χ2n) is 6.92. The normalized spacial score (nSPS) is 15.6. The summed E-state index contributed by atoms with van der Waals surface area (Å²) in [6.07, 6.45) is 0. The summed E-state index contributed by atoms with van der Waals surface area (Å²) in [5, 5.41) is 1.93. The van der Waals surface area contributed by atoms with E-state index in [0.717, 1.165) is 21.4 Å². The SMILES string of the molecule is COC(=O)c1sc(CN2CCN(S(=O)(=O)c3cc4ccc(Cl)cc4s3)CC2=O)nc1C. The van der Waals surface area contributed by atoms with Crippen molar-refractivity contribution >= 4 is 66.3 Å². The van der Waals surface area contributed by atoms with Crippen molar-refractivity contribution in [3.05, 3.63) is 44.9 Å². The predicted molar refractivity (Wildman–Crippen MR) is 119 cm³/mol. The number of aryl methyl sites for hydroxylation is 1. The molecule has 3 heterocycles. The van der Waals surface area contributed by atoms with Gasteiger partial charge < -0.3 is 9.64 Å². The molecule has 0 N–H and O–H groups in total. The van der Waals surface area contributed by atoms with Crippen LogP contribution in [0.1, 0.15) is 20.4 Å². The number of sulfonamides is 1. The first-order chi connectivity index (χ1) is 14.7. The molecule has 164 valence electrons. The predicted octanol–water partition coefficient (Wildman–Crippen LogP) is 3.14. The molecule has 1 fully saturated rings. The zero-order valence-corrected chi connectivity index (χ0v) is 19.8. The summed E-state index contributed by atoms with van der Waals surface area (Å²) in [6.45, 7) is 2.09. The van der Waals surface area contributed by atoms with E-state index in [4.69, 9.17) is 16.3 Å². The lowest BCUT2D eigenvalue weighted by Crippen LogP contribution is -2.51. The van der Waals surface area contributed by atoms with Gasteiger partial charge in [-0.15, -0.1) is 22.7 Å². The maximum Gasteiger partial charge on any atom is 0.349 e. The Bertz CT molecular complexity index is 1280. The molecule has 0 aliphatic carbocycles. The number of aromatic nitrogens is 1. The van der Waals surface area contributed by atoms with E-state index >= 15 is 0 Å². The standard InChI is InChI=1S/C19H18ClN3O5S3/c1-11-18(19(25)28-2)30-15(21-11)9-22-5-6-23(10-16(22)24)31(26,27)17-7-12-3-4-13(20)8-14(12)29-17/h3-4,7-8H,5-6,9-10H2,1-2H3. The Morgan fingerprint density at radius 2 is 2.03 bits per heavy atom. The minimum atomic E-state index is -3.80. The highest BCUT2D eigenvalue weighted by molar-refractivity contribution is 7.91. The number of rotatable bonds is 5. The van der Waals surface area contributed by atoms with Gasteiger partial charge >= 0.3 is 5.97 Å². The lowest BCUT2D eigenvalue weighted by Gasteiger charge is -2.32. The Labute approximate surface area is 192 Å². The number of hydrogen-bond acceptors (Lipinski definition) is 8. The Morgan fingerprint density at radius 3 is 2.74 bits per heavy atom. The molecule has 4 rings (SSSR count). The number of carbonyl (C=O) groups excluding carboxylic acids is 2. The molecule has 1 amide bonds. The van der Waals surface area contributed by atoms with Crippen LogP contribution in [0.4, 0.5) is 0 Å². The van der Waals surface area contributed by atoms with Crippen molar-refractivity contribution in [2.75, 3.05) is 26.7 Å². The van der Waals surface area contributed by atoms with Crippen LogP contribution in [0.2, 0.25) is 5.02 Å². The third-order valence-electron chi connectivity index (χ3n) is 4.88. The monoisotopic (exact) mass is 499 g/mol. The molecule has 2 aromatic heterocycles. The van der Waals surface area contributed by atoms with Gasteiger partial charge in [-0.1, -0.05) is 17.7 Å². The molecule has 12 heteroatoms. The molecular formula is C19H18ClN3O5S3. The minimum Gasteiger partial charge on any atom is -0.465 e. The van der Waals surface area contributed by atoms with Crippen molar-refractivity contribution in [3.63, 3.8) is 0 Å². The number of methoxy groups -OCH3 is 1. The summed E-state index contributed by atoms with van der Waals surface area (Å²) in [5.41, 5.74) is 0.547. The zero-order chi connectivity index (χ0) is 22.3. The highest BCUT2D eigenvalue weighted by Gasteiger charge is 2.34. The lowest BCUT2D eigenvalue weighted by molar-refractivity contribution is -0.134. The highest BCUT2D eigenvalue weighted by Crippen LogP contribution is 2.33. The number of benzene rings is 1. The first-order valence-electron chi connectivity index (χ1n) is 9.20. The van der Waals surface area contributed by atoms with Crippen LogP contribution in [-0.4, -0.2) is 61.2 Å². The number of halogens is 1. The molecule has 0 radical (unpaired) electrons. The number of ether oxygens (including phenoxy) is 1. The van der Waals surface area contributed by atoms with Crippen LogP contribution in [0, 0.1) is 6.92 Å². The van der Waals surface area contributed by atoms with Gasteiger partial charge in [-0.05, 0) is 30.5 Å². The van der Waals surface area contributed by atoms with Crippen LogP contribution in [-0.2, 0) is 26.1 Å². The van der Waals surface area contributed by atoms with Gasteiger partial charge in [0.2, 0.25) is 5.91 Å². The summed E-state index contributed by atoms with van der Waals surface area (Å²) < 4.78 is 33.1. The quantitative estimate of drug-likeness (QED) is 0.500. The molecule has 0 bridgehead atoms. The molecule has 0 saturated carbocycles. The van der Waals surface area contributed by atoms with Crippen molar-refractivity contribution in [1.82, 2.24) is 14.2 Å². The van der Waals surface area contributed by atoms with E-state index in [1.165, 1.54) is 22.8 Å². The van der Waals surface area contributed by atoms with Crippen LogP contribution < -0.4 is 0 Å². The second kappa shape index (κ2) is 8.47. The van der Waals surface area contributed by atoms with Gasteiger partial charge in [-0.2, -0.15) is 4.31 Å². The van der Waals surface area contributed by atoms with Crippen molar-refractivity contribution < 1.29 is 22.7 Å². The van der Waals surface area contributed by atoms with E-state index < -0.39 is 16.0 Å². The first-order valence-corrected chi connectivity index (χ1v) is 12.7. The Kier molecular flexibility index (Phi) is 6.05. The number of esters is 1. The summed E-state index contributed by atoms with van der Waals surface area (Å²) in [4.78, 5) is 30.7. The average Bonchev–Trinajstić information content (AvgIpc) is 3.32. The summed E-state index contributed by atoms with van der Waals surface area (Å²) in [7, 11) is -2.49. The second-order valence-corrected chi connectivity index (χ2v) is 11.7.